The lowest BCUT2D eigenvalue weighted by Crippen LogP contribution is -2.40. The van der Waals surface area contributed by atoms with Gasteiger partial charge in [-0.25, -0.2) is 4.98 Å². The van der Waals surface area contributed by atoms with E-state index in [0.717, 1.165) is 25.1 Å². The summed E-state index contributed by atoms with van der Waals surface area (Å²) in [6.07, 6.45) is 3.16. The van der Waals surface area contributed by atoms with Gasteiger partial charge in [-0.05, 0) is 26.2 Å². The van der Waals surface area contributed by atoms with E-state index in [1.165, 1.54) is 0 Å². The number of rotatable bonds is 3. The van der Waals surface area contributed by atoms with Gasteiger partial charge >= 0.3 is 0 Å². The fourth-order valence-corrected chi connectivity index (χ4v) is 2.58. The molecule has 2 rings (SSSR count). The number of carbonyl (C=O) groups excluding carboxylic acids is 1. The highest BCUT2D eigenvalue weighted by atomic mass is 16.2. The van der Waals surface area contributed by atoms with E-state index >= 15 is 0 Å². The summed E-state index contributed by atoms with van der Waals surface area (Å²) in [6.45, 7) is 8.29. The van der Waals surface area contributed by atoms with E-state index in [9.17, 15) is 4.79 Å². The van der Waals surface area contributed by atoms with Gasteiger partial charge in [0.25, 0.3) is 5.91 Å². The van der Waals surface area contributed by atoms with Crippen molar-refractivity contribution in [2.45, 2.75) is 65.0 Å². The summed E-state index contributed by atoms with van der Waals surface area (Å²) < 4.78 is 0. The molecule has 0 aromatic carbocycles. The van der Waals surface area contributed by atoms with Gasteiger partial charge in [0.2, 0.25) is 5.82 Å². The van der Waals surface area contributed by atoms with Gasteiger partial charge in [-0.15, -0.1) is 5.10 Å². The van der Waals surface area contributed by atoms with Crippen molar-refractivity contribution >= 4 is 5.91 Å². The van der Waals surface area contributed by atoms with Crippen LogP contribution < -0.4 is 0 Å². The molecular formula is C13H22N4O. The molecule has 1 aromatic heterocycles. The van der Waals surface area contributed by atoms with Crippen LogP contribution in [0.1, 0.15) is 69.3 Å². The minimum Gasteiger partial charge on any atom is -0.330 e. The maximum Gasteiger partial charge on any atom is 0.294 e. The predicted octanol–water partition coefficient (Wildman–Crippen LogP) is 2.33. The molecule has 1 aliphatic rings. The first-order valence-corrected chi connectivity index (χ1v) is 6.79. The van der Waals surface area contributed by atoms with Crippen molar-refractivity contribution in [3.05, 3.63) is 11.6 Å². The van der Waals surface area contributed by atoms with Crippen LogP contribution in [0, 0.1) is 0 Å². The summed E-state index contributed by atoms with van der Waals surface area (Å²) in [5.74, 6) is 1.32. The molecule has 0 radical (unpaired) electrons. The Hall–Kier alpha value is -1.39. The zero-order valence-corrected chi connectivity index (χ0v) is 11.6. The van der Waals surface area contributed by atoms with Gasteiger partial charge in [0.15, 0.2) is 0 Å². The number of amides is 1. The Morgan fingerprint density at radius 3 is 2.78 bits per heavy atom. The first kappa shape index (κ1) is 13.1. The average molecular weight is 250 g/mol. The van der Waals surface area contributed by atoms with Gasteiger partial charge in [0.05, 0.1) is 0 Å². The molecule has 1 N–H and O–H groups in total. The lowest BCUT2D eigenvalue weighted by molar-refractivity contribution is 0.0664. The van der Waals surface area contributed by atoms with Crippen molar-refractivity contribution < 1.29 is 4.79 Å². The van der Waals surface area contributed by atoms with Crippen LogP contribution in [0.2, 0.25) is 0 Å². The molecular weight excluding hydrogens is 228 g/mol. The second kappa shape index (κ2) is 5.08. The molecule has 1 aliphatic heterocycles. The molecule has 5 heteroatoms. The van der Waals surface area contributed by atoms with Crippen LogP contribution in [-0.2, 0) is 0 Å². The van der Waals surface area contributed by atoms with Gasteiger partial charge in [-0.3, -0.25) is 9.89 Å². The van der Waals surface area contributed by atoms with Crippen LogP contribution in [0.5, 0.6) is 0 Å². The number of nitrogens with zero attached hydrogens (tertiary/aromatic N) is 3. The normalized spacial score (nSPS) is 23.9. The third kappa shape index (κ3) is 2.26. The molecule has 100 valence electrons. The van der Waals surface area contributed by atoms with E-state index < -0.39 is 0 Å². The average Bonchev–Trinajstić information content (AvgIpc) is 2.94. The Bertz CT molecular complexity index is 426. The Morgan fingerprint density at radius 1 is 1.50 bits per heavy atom. The van der Waals surface area contributed by atoms with E-state index in [-0.39, 0.29) is 11.8 Å². The zero-order valence-electron chi connectivity index (χ0n) is 11.6. The topological polar surface area (TPSA) is 61.9 Å². The molecule has 2 heterocycles. The van der Waals surface area contributed by atoms with Crippen LogP contribution in [-0.4, -0.2) is 38.1 Å². The minimum atomic E-state index is -0.0324. The second-order valence-electron chi connectivity index (χ2n) is 5.40. The number of nitrogens with one attached hydrogen (secondary N) is 1. The summed E-state index contributed by atoms with van der Waals surface area (Å²) in [7, 11) is 0. The van der Waals surface area contributed by atoms with E-state index in [1.807, 2.05) is 18.7 Å². The lowest BCUT2D eigenvalue weighted by Gasteiger charge is -2.26. The molecule has 0 spiro atoms. The van der Waals surface area contributed by atoms with E-state index in [4.69, 9.17) is 0 Å². The molecule has 1 amide bonds. The van der Waals surface area contributed by atoms with Gasteiger partial charge in [-0.1, -0.05) is 20.8 Å². The summed E-state index contributed by atoms with van der Waals surface area (Å²) in [5.41, 5.74) is 0. The predicted molar refractivity (Wildman–Crippen MR) is 69.4 cm³/mol. The van der Waals surface area contributed by atoms with Crippen molar-refractivity contribution in [3.8, 4) is 0 Å². The molecule has 0 aliphatic carbocycles. The number of hydrogen-bond donors (Lipinski definition) is 1. The molecule has 18 heavy (non-hydrogen) atoms. The summed E-state index contributed by atoms with van der Waals surface area (Å²) in [4.78, 5) is 18.7. The fraction of sp³-hybridized carbons (Fsp3) is 0.769. The Kier molecular flexibility index (Phi) is 3.68. The number of H-pyrrole nitrogens is 1. The summed E-state index contributed by atoms with van der Waals surface area (Å²) >= 11 is 0. The van der Waals surface area contributed by atoms with Gasteiger partial charge in [0.1, 0.15) is 5.82 Å². The second-order valence-corrected chi connectivity index (χ2v) is 5.40. The van der Waals surface area contributed by atoms with Crippen LogP contribution >= 0.6 is 0 Å². The Balaban J connectivity index is 2.19. The van der Waals surface area contributed by atoms with Gasteiger partial charge in [0, 0.05) is 18.0 Å². The molecule has 1 saturated heterocycles. The monoisotopic (exact) mass is 250 g/mol. The highest BCUT2D eigenvalue weighted by Crippen LogP contribution is 2.27. The molecule has 1 aromatic rings. The summed E-state index contributed by atoms with van der Waals surface area (Å²) in [5, 5.41) is 6.91. The van der Waals surface area contributed by atoms with Gasteiger partial charge < -0.3 is 4.90 Å². The maximum atomic E-state index is 12.4. The van der Waals surface area contributed by atoms with E-state index in [2.05, 4.69) is 29.0 Å². The molecule has 1 fully saturated rings. The lowest BCUT2D eigenvalue weighted by atomic mass is 10.1. The van der Waals surface area contributed by atoms with Crippen molar-refractivity contribution in [2.75, 3.05) is 0 Å². The quantitative estimate of drug-likeness (QED) is 0.895. The Morgan fingerprint density at radius 2 is 2.22 bits per heavy atom. The number of aromatic nitrogens is 3. The van der Waals surface area contributed by atoms with Gasteiger partial charge in [-0.2, -0.15) is 0 Å². The van der Waals surface area contributed by atoms with Crippen LogP contribution in [0.25, 0.3) is 0 Å². The maximum absolute atomic E-state index is 12.4. The smallest absolute Gasteiger partial charge is 0.294 e. The third-order valence-electron chi connectivity index (χ3n) is 3.73. The molecule has 2 unspecified atom stereocenters. The highest BCUT2D eigenvalue weighted by molar-refractivity contribution is 5.91. The summed E-state index contributed by atoms with van der Waals surface area (Å²) in [6, 6.07) is 0.636. The molecule has 0 bridgehead atoms. The first-order chi connectivity index (χ1) is 8.54. The van der Waals surface area contributed by atoms with E-state index in [0.29, 0.717) is 17.9 Å². The number of hydrogen-bond acceptors (Lipinski definition) is 3. The van der Waals surface area contributed by atoms with Crippen LogP contribution in [0.3, 0.4) is 0 Å². The standard InChI is InChI=1S/C13H22N4O/c1-5-10-7-6-9(4)17(10)13(18)12-14-11(8(2)3)15-16-12/h8-10H,5-7H2,1-4H3,(H,14,15,16). The fourth-order valence-electron chi connectivity index (χ4n) is 2.58. The molecule has 0 saturated carbocycles. The number of aromatic amines is 1. The SMILES string of the molecule is CCC1CCC(C)N1C(=O)c1n[nH]c(C(C)C)n1. The van der Waals surface area contributed by atoms with Crippen molar-refractivity contribution in [1.82, 2.24) is 20.1 Å². The van der Waals surface area contributed by atoms with Crippen molar-refractivity contribution in [1.29, 1.82) is 0 Å². The van der Waals surface area contributed by atoms with Crippen LogP contribution in [0.15, 0.2) is 0 Å². The van der Waals surface area contributed by atoms with Crippen molar-refractivity contribution in [3.63, 3.8) is 0 Å². The Labute approximate surface area is 108 Å². The largest absolute Gasteiger partial charge is 0.330 e. The third-order valence-corrected chi connectivity index (χ3v) is 3.73. The minimum absolute atomic E-state index is 0.0324. The van der Waals surface area contributed by atoms with Crippen molar-refractivity contribution in [2.24, 2.45) is 0 Å². The molecule has 5 nitrogen and oxygen atoms in total. The first-order valence-electron chi connectivity index (χ1n) is 6.79. The van der Waals surface area contributed by atoms with E-state index in [1.54, 1.807) is 0 Å². The number of carbonyl (C=O) groups is 1. The molecule has 2 atom stereocenters. The zero-order chi connectivity index (χ0) is 13.3. The highest BCUT2D eigenvalue weighted by Gasteiger charge is 2.35. The van der Waals surface area contributed by atoms with Crippen LogP contribution in [0.4, 0.5) is 0 Å². The number of likely N-dealkylation sites (tertiary alicyclic amines) is 1.